The zero-order chi connectivity index (χ0) is 12.3. The van der Waals surface area contributed by atoms with Gasteiger partial charge in [0.25, 0.3) is 0 Å². The molecule has 0 bridgehead atoms. The summed E-state index contributed by atoms with van der Waals surface area (Å²) in [7, 11) is 0. The quantitative estimate of drug-likeness (QED) is 0.627. The van der Waals surface area contributed by atoms with E-state index in [0.29, 0.717) is 6.07 Å². The first kappa shape index (κ1) is 12.7. The largest absolute Gasteiger partial charge is 0.416 e. The average molecular weight is 234 g/mol. The molecule has 88 valence electrons. The van der Waals surface area contributed by atoms with Crippen molar-refractivity contribution >= 4 is 0 Å². The standard InChI is InChI=1S/C11H10F4O/c1-2-3-10(16)8-5-4-7(12)6-9(8)11(13,14)15/h2,4-6,10,16H,1,3H2. The molecule has 1 unspecified atom stereocenters. The molecule has 1 rings (SSSR count). The molecule has 16 heavy (non-hydrogen) atoms. The lowest BCUT2D eigenvalue weighted by Gasteiger charge is -2.16. The third-order valence-corrected chi connectivity index (χ3v) is 2.07. The van der Waals surface area contributed by atoms with Gasteiger partial charge in [0, 0.05) is 0 Å². The van der Waals surface area contributed by atoms with E-state index < -0.39 is 23.7 Å². The number of benzene rings is 1. The normalized spacial score (nSPS) is 13.6. The lowest BCUT2D eigenvalue weighted by Crippen LogP contribution is -2.12. The fraction of sp³-hybridized carbons (Fsp3) is 0.273. The minimum Gasteiger partial charge on any atom is -0.388 e. The summed E-state index contributed by atoms with van der Waals surface area (Å²) < 4.78 is 50.3. The van der Waals surface area contributed by atoms with Crippen LogP contribution < -0.4 is 0 Å². The van der Waals surface area contributed by atoms with Crippen molar-refractivity contribution in [1.29, 1.82) is 0 Å². The van der Waals surface area contributed by atoms with E-state index in [1.54, 1.807) is 0 Å². The van der Waals surface area contributed by atoms with Gasteiger partial charge in [0.05, 0.1) is 11.7 Å². The minimum absolute atomic E-state index is 0.0191. The maximum atomic E-state index is 12.7. The molecule has 0 spiro atoms. The number of hydrogen-bond acceptors (Lipinski definition) is 1. The molecule has 0 aromatic heterocycles. The van der Waals surface area contributed by atoms with E-state index >= 15 is 0 Å². The SMILES string of the molecule is C=CCC(O)c1ccc(F)cc1C(F)(F)F. The molecule has 1 N–H and O–H groups in total. The monoisotopic (exact) mass is 234 g/mol. The van der Waals surface area contributed by atoms with E-state index in [4.69, 9.17) is 0 Å². The van der Waals surface area contributed by atoms with Crippen LogP contribution in [0.2, 0.25) is 0 Å². The molecule has 0 saturated heterocycles. The van der Waals surface area contributed by atoms with Gasteiger partial charge >= 0.3 is 6.18 Å². The fourth-order valence-corrected chi connectivity index (χ4v) is 1.35. The first-order valence-corrected chi connectivity index (χ1v) is 4.52. The van der Waals surface area contributed by atoms with E-state index in [-0.39, 0.29) is 12.0 Å². The van der Waals surface area contributed by atoms with Crippen molar-refractivity contribution in [2.24, 2.45) is 0 Å². The maximum Gasteiger partial charge on any atom is 0.416 e. The first-order chi connectivity index (χ1) is 7.36. The molecule has 1 nitrogen and oxygen atoms in total. The van der Waals surface area contributed by atoms with E-state index in [2.05, 4.69) is 6.58 Å². The van der Waals surface area contributed by atoms with Gasteiger partial charge in [-0.15, -0.1) is 6.58 Å². The molecule has 0 aliphatic heterocycles. The van der Waals surface area contributed by atoms with E-state index in [0.717, 1.165) is 12.1 Å². The number of halogens is 4. The Labute approximate surface area is 90.0 Å². The highest BCUT2D eigenvalue weighted by Crippen LogP contribution is 2.35. The van der Waals surface area contributed by atoms with Crippen LogP contribution in [0.1, 0.15) is 23.7 Å². The molecule has 1 aromatic rings. The number of aliphatic hydroxyl groups excluding tert-OH is 1. The summed E-state index contributed by atoms with van der Waals surface area (Å²) in [5.41, 5.74) is -1.49. The van der Waals surface area contributed by atoms with Crippen LogP contribution in [-0.2, 0) is 6.18 Å². The van der Waals surface area contributed by atoms with Crippen molar-refractivity contribution in [1.82, 2.24) is 0 Å². The van der Waals surface area contributed by atoms with Gasteiger partial charge in [-0.05, 0) is 24.1 Å². The molecule has 0 aliphatic carbocycles. The van der Waals surface area contributed by atoms with E-state index in [1.165, 1.54) is 6.08 Å². The van der Waals surface area contributed by atoms with Gasteiger partial charge in [0.15, 0.2) is 0 Å². The Bertz CT molecular complexity index is 384. The van der Waals surface area contributed by atoms with Crippen LogP contribution in [0.3, 0.4) is 0 Å². The summed E-state index contributed by atoms with van der Waals surface area (Å²) in [6, 6.07) is 2.20. The van der Waals surface area contributed by atoms with Crippen LogP contribution in [0.5, 0.6) is 0 Å². The summed E-state index contributed by atoms with van der Waals surface area (Å²) in [5.74, 6) is -0.984. The van der Waals surface area contributed by atoms with Gasteiger partial charge in [-0.3, -0.25) is 0 Å². The Morgan fingerprint density at radius 1 is 1.38 bits per heavy atom. The van der Waals surface area contributed by atoms with Crippen molar-refractivity contribution in [2.75, 3.05) is 0 Å². The predicted molar refractivity (Wildman–Crippen MR) is 51.2 cm³/mol. The van der Waals surface area contributed by atoms with Gasteiger partial charge in [-0.1, -0.05) is 12.1 Å². The Kier molecular flexibility index (Phi) is 3.70. The summed E-state index contributed by atoms with van der Waals surface area (Å²) in [4.78, 5) is 0. The second-order valence-corrected chi connectivity index (χ2v) is 3.27. The van der Waals surface area contributed by atoms with E-state index in [1.807, 2.05) is 0 Å². The van der Waals surface area contributed by atoms with Crippen molar-refractivity contribution in [3.8, 4) is 0 Å². The second kappa shape index (κ2) is 4.65. The van der Waals surface area contributed by atoms with Crippen molar-refractivity contribution < 1.29 is 22.7 Å². The number of alkyl halides is 3. The predicted octanol–water partition coefficient (Wildman–Crippen LogP) is 3.45. The van der Waals surface area contributed by atoms with Gasteiger partial charge in [0.2, 0.25) is 0 Å². The number of hydrogen-bond donors (Lipinski definition) is 1. The smallest absolute Gasteiger partial charge is 0.388 e. The molecule has 0 amide bonds. The van der Waals surface area contributed by atoms with Crippen LogP contribution in [0.15, 0.2) is 30.9 Å². The molecular weight excluding hydrogens is 224 g/mol. The van der Waals surface area contributed by atoms with Crippen LogP contribution in [0.4, 0.5) is 17.6 Å². The van der Waals surface area contributed by atoms with Gasteiger partial charge in [-0.2, -0.15) is 13.2 Å². The molecule has 1 aromatic carbocycles. The average Bonchev–Trinajstić information content (AvgIpc) is 2.16. The highest BCUT2D eigenvalue weighted by atomic mass is 19.4. The summed E-state index contributed by atoms with van der Waals surface area (Å²) in [5, 5.41) is 9.46. The van der Waals surface area contributed by atoms with Crippen LogP contribution in [-0.4, -0.2) is 5.11 Å². The van der Waals surface area contributed by atoms with Crippen molar-refractivity contribution in [3.63, 3.8) is 0 Å². The second-order valence-electron chi connectivity index (χ2n) is 3.27. The Morgan fingerprint density at radius 3 is 2.50 bits per heavy atom. The summed E-state index contributed by atoms with van der Waals surface area (Å²) in [6.07, 6.45) is -4.72. The van der Waals surface area contributed by atoms with Crippen LogP contribution in [0.25, 0.3) is 0 Å². The highest BCUT2D eigenvalue weighted by molar-refractivity contribution is 5.32. The molecule has 0 aliphatic rings. The fourth-order valence-electron chi connectivity index (χ4n) is 1.35. The zero-order valence-corrected chi connectivity index (χ0v) is 8.26. The number of rotatable bonds is 3. The first-order valence-electron chi connectivity index (χ1n) is 4.52. The Hall–Kier alpha value is -1.36. The lowest BCUT2D eigenvalue weighted by molar-refractivity contribution is -0.139. The van der Waals surface area contributed by atoms with Gasteiger partial charge in [0.1, 0.15) is 5.82 Å². The Morgan fingerprint density at radius 2 is 2.00 bits per heavy atom. The molecular formula is C11H10F4O. The molecule has 0 heterocycles. The highest BCUT2D eigenvalue weighted by Gasteiger charge is 2.35. The van der Waals surface area contributed by atoms with Crippen molar-refractivity contribution in [2.45, 2.75) is 18.7 Å². The number of aliphatic hydroxyl groups is 1. The van der Waals surface area contributed by atoms with Crippen LogP contribution >= 0.6 is 0 Å². The van der Waals surface area contributed by atoms with Crippen LogP contribution in [0, 0.1) is 5.82 Å². The van der Waals surface area contributed by atoms with Gasteiger partial charge in [-0.25, -0.2) is 4.39 Å². The molecule has 0 saturated carbocycles. The third kappa shape index (κ3) is 2.82. The topological polar surface area (TPSA) is 20.2 Å². The lowest BCUT2D eigenvalue weighted by atomic mass is 9.99. The van der Waals surface area contributed by atoms with Crippen molar-refractivity contribution in [3.05, 3.63) is 47.8 Å². The molecule has 0 fully saturated rings. The summed E-state index contributed by atoms with van der Waals surface area (Å²) in [6.45, 7) is 3.32. The Balaban J connectivity index is 3.22. The van der Waals surface area contributed by atoms with Gasteiger partial charge < -0.3 is 5.11 Å². The maximum absolute atomic E-state index is 12.7. The minimum atomic E-state index is -4.68. The molecule has 0 radical (unpaired) electrons. The van der Waals surface area contributed by atoms with E-state index in [9.17, 15) is 22.7 Å². The molecule has 1 atom stereocenters. The third-order valence-electron chi connectivity index (χ3n) is 2.07. The molecule has 5 heteroatoms. The summed E-state index contributed by atoms with van der Waals surface area (Å²) >= 11 is 0. The zero-order valence-electron chi connectivity index (χ0n) is 8.26.